The Balaban J connectivity index is 1.70. The van der Waals surface area contributed by atoms with E-state index < -0.39 is 0 Å². The molecule has 4 heteroatoms. The predicted octanol–water partition coefficient (Wildman–Crippen LogP) is 6.42. The van der Waals surface area contributed by atoms with Crippen LogP contribution in [0.15, 0.2) is 75.4 Å². The van der Waals surface area contributed by atoms with Crippen LogP contribution in [-0.4, -0.2) is 17.4 Å². The third-order valence-electron chi connectivity index (χ3n) is 4.93. The number of aryl methyl sites for hydroxylation is 1. The van der Waals surface area contributed by atoms with E-state index in [4.69, 9.17) is 4.99 Å². The van der Waals surface area contributed by atoms with E-state index in [-0.39, 0.29) is 0 Å². The Bertz CT molecular complexity index is 1120. The molecule has 1 aliphatic rings. The van der Waals surface area contributed by atoms with Gasteiger partial charge in [0.1, 0.15) is 0 Å². The largest absolute Gasteiger partial charge is 0.360 e. The minimum Gasteiger partial charge on any atom is -0.360 e. The first-order chi connectivity index (χ1) is 13.2. The summed E-state index contributed by atoms with van der Waals surface area (Å²) in [5.41, 5.74) is 7.66. The van der Waals surface area contributed by atoms with Gasteiger partial charge in [0.15, 0.2) is 0 Å². The fourth-order valence-corrected chi connectivity index (χ4v) is 3.97. The van der Waals surface area contributed by atoms with Crippen molar-refractivity contribution in [2.75, 3.05) is 0 Å². The summed E-state index contributed by atoms with van der Waals surface area (Å²) in [7, 11) is 0. The Morgan fingerprint density at radius 1 is 1.22 bits per heavy atom. The summed E-state index contributed by atoms with van der Waals surface area (Å²) in [5, 5.41) is 1.12. The van der Waals surface area contributed by atoms with Gasteiger partial charge < -0.3 is 4.98 Å². The second-order valence-electron chi connectivity index (χ2n) is 6.59. The molecule has 0 aliphatic heterocycles. The van der Waals surface area contributed by atoms with Crippen molar-refractivity contribution in [2.24, 2.45) is 9.98 Å². The molecule has 0 bridgehead atoms. The van der Waals surface area contributed by atoms with Crippen molar-refractivity contribution in [1.29, 1.82) is 0 Å². The van der Waals surface area contributed by atoms with Gasteiger partial charge in [0.05, 0.1) is 11.9 Å². The van der Waals surface area contributed by atoms with Crippen molar-refractivity contribution in [2.45, 2.75) is 19.8 Å². The van der Waals surface area contributed by atoms with E-state index in [9.17, 15) is 0 Å². The molecule has 0 unspecified atom stereocenters. The van der Waals surface area contributed by atoms with Crippen LogP contribution >= 0.6 is 15.9 Å². The highest BCUT2D eigenvalue weighted by atomic mass is 79.9. The molecule has 1 aromatic heterocycles. The second-order valence-corrected chi connectivity index (χ2v) is 7.51. The lowest BCUT2D eigenvalue weighted by molar-refractivity contribution is 0.979. The molecule has 0 saturated heterocycles. The second kappa shape index (κ2) is 7.49. The smallest absolute Gasteiger partial charge is 0.0898 e. The molecule has 0 atom stereocenters. The van der Waals surface area contributed by atoms with Crippen LogP contribution in [0.3, 0.4) is 0 Å². The number of aromatic nitrogens is 1. The van der Waals surface area contributed by atoms with Crippen LogP contribution < -0.4 is 0 Å². The molecule has 1 heterocycles. The quantitative estimate of drug-likeness (QED) is 0.475. The Labute approximate surface area is 167 Å². The number of para-hydroxylation sites is 1. The third-order valence-corrected chi connectivity index (χ3v) is 5.42. The Hall–Kier alpha value is -2.72. The van der Waals surface area contributed by atoms with E-state index in [1.54, 1.807) is 0 Å². The van der Waals surface area contributed by atoms with Crippen LogP contribution in [0, 0.1) is 0 Å². The van der Waals surface area contributed by atoms with E-state index in [0.717, 1.165) is 45.2 Å². The number of allylic oxidation sites excluding steroid dienone is 2. The number of aliphatic imine (C=N–C) groups is 2. The van der Waals surface area contributed by atoms with Crippen LogP contribution in [0.2, 0.25) is 0 Å². The first kappa shape index (κ1) is 17.7. The molecular formula is C23H20BrN3. The topological polar surface area (TPSA) is 40.5 Å². The van der Waals surface area contributed by atoms with Crippen LogP contribution in [0.4, 0.5) is 0 Å². The molecule has 1 aliphatic carbocycles. The zero-order valence-electron chi connectivity index (χ0n) is 15.2. The van der Waals surface area contributed by atoms with Gasteiger partial charge >= 0.3 is 0 Å². The highest BCUT2D eigenvalue weighted by molar-refractivity contribution is 9.10. The van der Waals surface area contributed by atoms with Gasteiger partial charge in [0.25, 0.3) is 0 Å². The van der Waals surface area contributed by atoms with Crippen molar-refractivity contribution >= 4 is 50.5 Å². The minimum atomic E-state index is 0.763. The fourth-order valence-electron chi connectivity index (χ4n) is 3.56. The molecule has 3 aromatic rings. The van der Waals surface area contributed by atoms with Crippen molar-refractivity contribution in [3.63, 3.8) is 0 Å². The monoisotopic (exact) mass is 417 g/mol. The van der Waals surface area contributed by atoms with E-state index >= 15 is 0 Å². The predicted molar refractivity (Wildman–Crippen MR) is 119 cm³/mol. The van der Waals surface area contributed by atoms with Gasteiger partial charge in [-0.3, -0.25) is 9.98 Å². The summed E-state index contributed by atoms with van der Waals surface area (Å²) in [4.78, 5) is 12.2. The van der Waals surface area contributed by atoms with Gasteiger partial charge in [-0.15, -0.1) is 0 Å². The van der Waals surface area contributed by atoms with Crippen LogP contribution in [0.1, 0.15) is 30.0 Å². The number of hydrogen-bond acceptors (Lipinski definition) is 2. The number of nitrogens with one attached hydrogen (secondary N) is 1. The minimum absolute atomic E-state index is 0.763. The highest BCUT2D eigenvalue weighted by Gasteiger charge is 2.15. The van der Waals surface area contributed by atoms with E-state index in [1.807, 2.05) is 24.5 Å². The van der Waals surface area contributed by atoms with Gasteiger partial charge in [0.2, 0.25) is 0 Å². The number of aromatic amines is 1. The molecule has 0 radical (unpaired) electrons. The number of nitrogens with zero attached hydrogens (tertiary/aromatic N) is 2. The number of halogens is 1. The zero-order valence-corrected chi connectivity index (χ0v) is 16.8. The Morgan fingerprint density at radius 2 is 2.07 bits per heavy atom. The molecule has 0 spiro atoms. The number of benzene rings is 2. The summed E-state index contributed by atoms with van der Waals surface area (Å²) in [6.07, 6.45) is 8.14. The Morgan fingerprint density at radius 3 is 2.93 bits per heavy atom. The van der Waals surface area contributed by atoms with Crippen LogP contribution in [-0.2, 0) is 6.42 Å². The molecule has 0 saturated carbocycles. The zero-order chi connectivity index (χ0) is 18.8. The normalized spacial score (nSPS) is 14.8. The number of rotatable bonds is 4. The maximum Gasteiger partial charge on any atom is 0.0898 e. The molecule has 1 N–H and O–H groups in total. The number of fused-ring (bicyclic) bond motifs is 2. The lowest BCUT2D eigenvalue weighted by Crippen LogP contribution is -2.05. The van der Waals surface area contributed by atoms with Gasteiger partial charge in [-0.2, -0.15) is 0 Å². The van der Waals surface area contributed by atoms with E-state index in [0.29, 0.717) is 0 Å². The van der Waals surface area contributed by atoms with Crippen LogP contribution in [0.25, 0.3) is 22.2 Å². The number of hydrogen-bond donors (Lipinski definition) is 1. The van der Waals surface area contributed by atoms with Gasteiger partial charge in [0, 0.05) is 32.8 Å². The summed E-state index contributed by atoms with van der Waals surface area (Å²) in [6.45, 7) is 5.79. The molecule has 134 valence electrons. The maximum absolute atomic E-state index is 4.73. The van der Waals surface area contributed by atoms with Gasteiger partial charge in [-0.1, -0.05) is 46.3 Å². The van der Waals surface area contributed by atoms with Crippen molar-refractivity contribution in [3.8, 4) is 0 Å². The van der Waals surface area contributed by atoms with Crippen molar-refractivity contribution in [3.05, 3.63) is 82.1 Å². The molecule has 3 nitrogen and oxygen atoms in total. The SMILES string of the molecule is C=N/C(=C\N=C(C)C1=CCCc2cc(Br)ccc21)c1c[nH]c2ccccc12. The van der Waals surface area contributed by atoms with Crippen LogP contribution in [0.5, 0.6) is 0 Å². The molecular weight excluding hydrogens is 398 g/mol. The average molecular weight is 418 g/mol. The van der Waals surface area contributed by atoms with E-state index in [1.165, 1.54) is 16.7 Å². The Kier molecular flexibility index (Phi) is 4.90. The molecule has 2 aromatic carbocycles. The molecule has 0 fully saturated rings. The fraction of sp³-hybridized carbons (Fsp3) is 0.130. The lowest BCUT2D eigenvalue weighted by atomic mass is 9.89. The molecule has 4 rings (SSSR count). The average Bonchev–Trinajstić information content (AvgIpc) is 3.12. The third kappa shape index (κ3) is 3.45. The van der Waals surface area contributed by atoms with Crippen molar-refractivity contribution in [1.82, 2.24) is 4.98 Å². The highest BCUT2D eigenvalue weighted by Crippen LogP contribution is 2.30. The molecule has 27 heavy (non-hydrogen) atoms. The summed E-state index contributed by atoms with van der Waals surface area (Å²) in [6, 6.07) is 14.6. The lowest BCUT2D eigenvalue weighted by Gasteiger charge is -2.18. The van der Waals surface area contributed by atoms with Crippen molar-refractivity contribution < 1.29 is 0 Å². The standard InChI is InChI=1S/C23H20BrN3/c1-15(18-8-5-6-16-12-17(24)10-11-19(16)18)26-14-23(25-2)21-13-27-22-9-4-3-7-20(21)22/h3-4,7-14,27H,2,5-6H2,1H3/b23-14-,26-15?. The van der Waals surface area contributed by atoms with Gasteiger partial charge in [-0.05, 0) is 61.4 Å². The van der Waals surface area contributed by atoms with Gasteiger partial charge in [-0.25, -0.2) is 0 Å². The molecule has 0 amide bonds. The number of H-pyrrole nitrogens is 1. The first-order valence-electron chi connectivity index (χ1n) is 8.94. The maximum atomic E-state index is 4.73. The summed E-state index contributed by atoms with van der Waals surface area (Å²) < 4.78 is 1.12. The first-order valence-corrected chi connectivity index (χ1v) is 9.74. The van der Waals surface area contributed by atoms with E-state index in [2.05, 4.69) is 76.0 Å². The summed E-state index contributed by atoms with van der Waals surface area (Å²) >= 11 is 3.57. The summed E-state index contributed by atoms with van der Waals surface area (Å²) in [5.74, 6) is 0.